The highest BCUT2D eigenvalue weighted by Gasteiger charge is 2.35. The fraction of sp³-hybridized carbons (Fsp3) is 0.312. The number of benzene rings is 2. The molecular weight excluding hydrogens is 581 g/mol. The van der Waals surface area contributed by atoms with Crippen LogP contribution in [0.5, 0.6) is 11.5 Å². The van der Waals surface area contributed by atoms with E-state index in [0.29, 0.717) is 67.4 Å². The number of hydrogen-bond donors (Lipinski definition) is 2. The molecule has 3 N–H and O–H groups in total. The number of aromatic nitrogens is 4. The lowest BCUT2D eigenvalue weighted by molar-refractivity contribution is -0.134. The van der Waals surface area contributed by atoms with E-state index in [4.69, 9.17) is 30.2 Å². The van der Waals surface area contributed by atoms with Gasteiger partial charge in [0.25, 0.3) is 11.9 Å². The number of amides is 1. The summed E-state index contributed by atoms with van der Waals surface area (Å²) in [7, 11) is 0. The van der Waals surface area contributed by atoms with E-state index < -0.39 is 11.8 Å². The van der Waals surface area contributed by atoms with Crippen molar-refractivity contribution in [2.24, 2.45) is 5.41 Å². The molecular formula is C32H32FN7O5. The number of piperidine rings is 1. The van der Waals surface area contributed by atoms with Gasteiger partial charge in [-0.15, -0.1) is 0 Å². The van der Waals surface area contributed by atoms with Crippen LogP contribution in [0.2, 0.25) is 0 Å². The van der Waals surface area contributed by atoms with E-state index in [-0.39, 0.29) is 34.3 Å². The van der Waals surface area contributed by atoms with Crippen LogP contribution in [0.3, 0.4) is 0 Å². The van der Waals surface area contributed by atoms with Crippen LogP contribution in [-0.4, -0.2) is 67.9 Å². The predicted octanol–water partition coefficient (Wildman–Crippen LogP) is 4.75. The quantitative estimate of drug-likeness (QED) is 0.229. The van der Waals surface area contributed by atoms with Crippen LogP contribution in [0.15, 0.2) is 66.5 Å². The van der Waals surface area contributed by atoms with Crippen LogP contribution in [0, 0.1) is 22.6 Å². The van der Waals surface area contributed by atoms with Crippen molar-refractivity contribution in [2.45, 2.75) is 32.7 Å². The maximum atomic E-state index is 15.5. The number of nitrogens with zero attached hydrogens (tertiary/aromatic N) is 6. The maximum Gasteiger partial charge on any atom is 0.300 e. The number of halogens is 1. The highest BCUT2D eigenvalue weighted by atomic mass is 19.1. The molecule has 2 saturated heterocycles. The van der Waals surface area contributed by atoms with Gasteiger partial charge in [0.1, 0.15) is 46.8 Å². The van der Waals surface area contributed by atoms with E-state index in [2.05, 4.69) is 16.0 Å². The third-order valence-corrected chi connectivity index (χ3v) is 7.43. The lowest BCUT2D eigenvalue weighted by Crippen LogP contribution is -2.43. The average Bonchev–Trinajstić information content (AvgIpc) is 3.40. The van der Waals surface area contributed by atoms with Crippen molar-refractivity contribution in [3.05, 3.63) is 72.3 Å². The molecule has 6 rings (SSSR count). The van der Waals surface area contributed by atoms with Crippen molar-refractivity contribution >= 4 is 28.7 Å². The number of carboxylic acid groups (broad SMARTS) is 1. The molecule has 0 saturated carbocycles. The van der Waals surface area contributed by atoms with E-state index in [9.17, 15) is 10.1 Å². The Hall–Kier alpha value is -5.35. The van der Waals surface area contributed by atoms with Gasteiger partial charge in [0.05, 0.1) is 24.6 Å². The van der Waals surface area contributed by atoms with Gasteiger partial charge >= 0.3 is 0 Å². The van der Waals surface area contributed by atoms with E-state index in [0.717, 1.165) is 6.92 Å². The number of ether oxygens (including phenoxy) is 2. The molecule has 13 heteroatoms. The second kappa shape index (κ2) is 13.1. The summed E-state index contributed by atoms with van der Waals surface area (Å²) in [6, 6.07) is 15.5. The highest BCUT2D eigenvalue weighted by Crippen LogP contribution is 2.37. The number of fused-ring (bicyclic) bond motifs is 1. The Labute approximate surface area is 258 Å². The summed E-state index contributed by atoms with van der Waals surface area (Å²) in [5, 5.41) is 22.4. The molecule has 2 aliphatic heterocycles. The SMILES string of the molecule is CC(=O)O.CC1(C=C(C#N)C(=O)N2CCC[C@@H](n3nc(-c4ccc(Oc5ccccc5)cc4F)c4c(N)ncnc43)C2)COC1. The standard InChI is InChI=1S/C30H28FN7O3.C2H4O2/c1-30(16-40-17-30)13-19(14-32)29(39)37-11-5-6-20(15-37)38-28-25(27(33)34-18-35-28)26(36-38)23-10-9-22(12-24(23)31)41-21-7-3-2-4-8-21;1-2(3)4/h2-4,7-10,12-13,18,20H,5-6,11,15-17H2,1H3,(H2,33,34,35);1H3,(H,3,4)/t20-;/m1./s1. The predicted molar refractivity (Wildman–Crippen MR) is 162 cm³/mol. The molecule has 0 aliphatic carbocycles. The number of para-hydroxylation sites is 1. The molecule has 0 spiro atoms. The zero-order chi connectivity index (χ0) is 32.1. The van der Waals surface area contributed by atoms with E-state index in [1.807, 2.05) is 25.1 Å². The Balaban J connectivity index is 0.000000945. The van der Waals surface area contributed by atoms with Gasteiger partial charge in [-0.2, -0.15) is 10.4 Å². The molecule has 2 aromatic carbocycles. The molecule has 232 valence electrons. The first-order chi connectivity index (χ1) is 21.6. The number of nitrogen functional groups attached to an aromatic ring is 1. The van der Waals surface area contributed by atoms with Gasteiger partial charge < -0.3 is 25.2 Å². The molecule has 1 amide bonds. The van der Waals surface area contributed by atoms with E-state index >= 15 is 4.39 Å². The summed E-state index contributed by atoms with van der Waals surface area (Å²) in [6.45, 7) is 4.83. The first kappa shape index (κ1) is 31.1. The van der Waals surface area contributed by atoms with Crippen LogP contribution in [0.4, 0.5) is 10.2 Å². The number of nitrogens with two attached hydrogens (primary N) is 1. The summed E-state index contributed by atoms with van der Waals surface area (Å²) in [5.41, 5.74) is 7.03. The van der Waals surface area contributed by atoms with Crippen molar-refractivity contribution in [3.8, 4) is 28.8 Å². The van der Waals surface area contributed by atoms with Gasteiger partial charge in [-0.3, -0.25) is 9.59 Å². The summed E-state index contributed by atoms with van der Waals surface area (Å²) < 4.78 is 28.3. The normalized spacial score (nSPS) is 17.4. The molecule has 2 aromatic heterocycles. The Morgan fingerprint density at radius 1 is 1.20 bits per heavy atom. The number of aliphatic carboxylic acids is 1. The number of rotatable bonds is 6. The molecule has 0 unspecified atom stereocenters. The monoisotopic (exact) mass is 613 g/mol. The van der Waals surface area contributed by atoms with Crippen molar-refractivity contribution in [1.82, 2.24) is 24.6 Å². The molecule has 45 heavy (non-hydrogen) atoms. The largest absolute Gasteiger partial charge is 0.481 e. The Bertz CT molecular complexity index is 1790. The smallest absolute Gasteiger partial charge is 0.300 e. The van der Waals surface area contributed by atoms with Gasteiger partial charge in [-0.05, 0) is 37.1 Å². The fourth-order valence-electron chi connectivity index (χ4n) is 5.32. The Morgan fingerprint density at radius 3 is 2.58 bits per heavy atom. The van der Waals surface area contributed by atoms with E-state index in [1.165, 1.54) is 12.4 Å². The van der Waals surface area contributed by atoms with Gasteiger partial charge in [0.15, 0.2) is 5.65 Å². The van der Waals surface area contributed by atoms with Crippen molar-refractivity contribution < 1.29 is 28.6 Å². The number of nitriles is 1. The zero-order valence-electron chi connectivity index (χ0n) is 24.8. The molecule has 0 radical (unpaired) electrons. The second-order valence-corrected chi connectivity index (χ2v) is 11.2. The van der Waals surface area contributed by atoms with Crippen molar-refractivity contribution in [1.29, 1.82) is 5.26 Å². The third-order valence-electron chi connectivity index (χ3n) is 7.43. The summed E-state index contributed by atoms with van der Waals surface area (Å²) in [4.78, 5) is 32.6. The Kier molecular flexibility index (Phi) is 9.06. The maximum absolute atomic E-state index is 15.5. The number of carboxylic acids is 1. The van der Waals surface area contributed by atoms with Gasteiger partial charge in [-0.25, -0.2) is 19.0 Å². The van der Waals surface area contributed by atoms with E-state index in [1.54, 1.807) is 39.9 Å². The molecule has 2 fully saturated rings. The second-order valence-electron chi connectivity index (χ2n) is 11.2. The number of carbonyl (C=O) groups is 2. The zero-order valence-corrected chi connectivity index (χ0v) is 24.8. The van der Waals surface area contributed by atoms with Crippen molar-refractivity contribution in [3.63, 3.8) is 0 Å². The number of carbonyl (C=O) groups excluding carboxylic acids is 1. The minimum Gasteiger partial charge on any atom is -0.481 e. The molecule has 12 nitrogen and oxygen atoms in total. The van der Waals surface area contributed by atoms with Gasteiger partial charge in [0.2, 0.25) is 0 Å². The summed E-state index contributed by atoms with van der Waals surface area (Å²) in [5.74, 6) is -0.583. The summed E-state index contributed by atoms with van der Waals surface area (Å²) >= 11 is 0. The fourth-order valence-corrected chi connectivity index (χ4v) is 5.32. The summed E-state index contributed by atoms with van der Waals surface area (Å²) in [6.07, 6.45) is 4.47. The first-order valence-electron chi connectivity index (χ1n) is 14.3. The van der Waals surface area contributed by atoms with Crippen molar-refractivity contribution in [2.75, 3.05) is 32.0 Å². The topological polar surface area (TPSA) is 169 Å². The first-order valence-corrected chi connectivity index (χ1v) is 14.3. The third kappa shape index (κ3) is 6.91. The van der Waals surface area contributed by atoms with Crippen LogP contribution in [0.1, 0.15) is 32.7 Å². The lowest BCUT2D eigenvalue weighted by Gasteiger charge is -2.36. The number of likely N-dealkylation sites (tertiary alicyclic amines) is 1. The molecule has 2 aliphatic rings. The van der Waals surface area contributed by atoms with Crippen LogP contribution < -0.4 is 10.5 Å². The van der Waals surface area contributed by atoms with Crippen LogP contribution in [0.25, 0.3) is 22.3 Å². The van der Waals surface area contributed by atoms with Gasteiger partial charge in [0, 0.05) is 37.1 Å². The molecule has 0 bridgehead atoms. The van der Waals surface area contributed by atoms with Gasteiger partial charge in [-0.1, -0.05) is 31.2 Å². The molecule has 4 heterocycles. The average molecular weight is 614 g/mol. The molecule has 4 aromatic rings. The highest BCUT2D eigenvalue weighted by molar-refractivity contribution is 5.99. The lowest BCUT2D eigenvalue weighted by atomic mass is 9.86. The van der Waals surface area contributed by atoms with Crippen LogP contribution >= 0.6 is 0 Å². The minimum atomic E-state index is -0.833. The Morgan fingerprint density at radius 2 is 1.93 bits per heavy atom. The number of hydrogen-bond acceptors (Lipinski definition) is 9. The minimum absolute atomic E-state index is 0.105. The molecule has 1 atom stereocenters. The van der Waals surface area contributed by atoms with Crippen LogP contribution in [-0.2, 0) is 14.3 Å². The number of anilines is 1.